The van der Waals surface area contributed by atoms with Gasteiger partial charge in [-0.1, -0.05) is 56.8 Å². The maximum atomic E-state index is 13.3. The number of thioether (sulfide) groups is 1. The average Bonchev–Trinajstić information content (AvgIpc) is 3.00. The standard InChI is InChI=1S/C25H28N4O4S/c1-6-20(30)29-18-12-8-7-10-16(18)21-23(26-25(28-27-21)34-14-15(2)3)33-24(29)17-11-9-13-19(31-4)22(17)32-5/h7-13,15,24H,6,14H2,1-5H3. The number of carbonyl (C=O) groups excluding carboxylic acids is 1. The summed E-state index contributed by atoms with van der Waals surface area (Å²) in [5, 5.41) is 9.32. The molecule has 1 aliphatic rings. The Hall–Kier alpha value is -3.33. The van der Waals surface area contributed by atoms with Gasteiger partial charge in [0.2, 0.25) is 23.2 Å². The SMILES string of the molecule is CCC(=O)N1c2ccccc2-c2nnc(SCC(C)C)nc2OC1c1cccc(OC)c1OC. The summed E-state index contributed by atoms with van der Waals surface area (Å²) in [4.78, 5) is 19.7. The molecule has 0 saturated carbocycles. The van der Waals surface area contributed by atoms with Crippen molar-refractivity contribution in [1.29, 1.82) is 0 Å². The fraction of sp³-hybridized carbons (Fsp3) is 0.360. The van der Waals surface area contributed by atoms with Crippen LogP contribution in [0, 0.1) is 5.92 Å². The van der Waals surface area contributed by atoms with Gasteiger partial charge in [-0.15, -0.1) is 10.2 Å². The first kappa shape index (κ1) is 23.8. The summed E-state index contributed by atoms with van der Waals surface area (Å²) in [6.45, 7) is 6.09. The lowest BCUT2D eigenvalue weighted by Crippen LogP contribution is -2.37. The van der Waals surface area contributed by atoms with Crippen LogP contribution in [0.25, 0.3) is 11.3 Å². The molecule has 1 atom stereocenters. The number of amides is 1. The molecule has 1 unspecified atom stereocenters. The summed E-state index contributed by atoms with van der Waals surface area (Å²) in [5.41, 5.74) is 2.52. The van der Waals surface area contributed by atoms with E-state index in [0.29, 0.717) is 45.4 Å². The Morgan fingerprint density at radius 3 is 2.62 bits per heavy atom. The molecule has 0 spiro atoms. The monoisotopic (exact) mass is 480 g/mol. The summed E-state index contributed by atoms with van der Waals surface area (Å²) < 4.78 is 17.7. The number of benzene rings is 2. The fourth-order valence-corrected chi connectivity index (χ4v) is 4.49. The summed E-state index contributed by atoms with van der Waals surface area (Å²) in [6.07, 6.45) is -0.564. The second kappa shape index (κ2) is 10.3. The van der Waals surface area contributed by atoms with Gasteiger partial charge in [-0.25, -0.2) is 0 Å². The molecule has 0 radical (unpaired) electrons. The molecule has 2 aromatic carbocycles. The highest BCUT2D eigenvalue weighted by molar-refractivity contribution is 7.99. The summed E-state index contributed by atoms with van der Waals surface area (Å²) in [6, 6.07) is 13.1. The quantitative estimate of drug-likeness (QED) is 0.430. The first-order chi connectivity index (χ1) is 16.5. The molecule has 1 aromatic heterocycles. The van der Waals surface area contributed by atoms with Gasteiger partial charge in [-0.3, -0.25) is 9.69 Å². The molecule has 2 heterocycles. The van der Waals surface area contributed by atoms with Crippen molar-refractivity contribution in [2.24, 2.45) is 5.92 Å². The van der Waals surface area contributed by atoms with E-state index in [1.807, 2.05) is 43.3 Å². The lowest BCUT2D eigenvalue weighted by atomic mass is 10.1. The molecular weight excluding hydrogens is 452 g/mol. The van der Waals surface area contributed by atoms with Crippen LogP contribution in [0.3, 0.4) is 0 Å². The lowest BCUT2D eigenvalue weighted by Gasteiger charge is -2.31. The highest BCUT2D eigenvalue weighted by Gasteiger charge is 2.37. The van der Waals surface area contributed by atoms with Crippen LogP contribution in [0.1, 0.15) is 39.0 Å². The first-order valence-electron chi connectivity index (χ1n) is 11.1. The van der Waals surface area contributed by atoms with Gasteiger partial charge in [0.05, 0.1) is 25.5 Å². The number of hydrogen-bond donors (Lipinski definition) is 0. The second-order valence-corrected chi connectivity index (χ2v) is 9.13. The number of para-hydroxylation sites is 2. The fourth-order valence-electron chi connectivity index (χ4n) is 3.76. The molecule has 34 heavy (non-hydrogen) atoms. The number of rotatable bonds is 7. The van der Waals surface area contributed by atoms with Gasteiger partial charge in [0.15, 0.2) is 17.2 Å². The maximum Gasteiger partial charge on any atom is 0.247 e. The van der Waals surface area contributed by atoms with Crippen LogP contribution in [-0.2, 0) is 4.79 Å². The van der Waals surface area contributed by atoms with Gasteiger partial charge in [-0.05, 0) is 24.1 Å². The van der Waals surface area contributed by atoms with Gasteiger partial charge in [0.1, 0.15) is 0 Å². The Bertz CT molecular complexity index is 1190. The van der Waals surface area contributed by atoms with Crippen molar-refractivity contribution in [2.45, 2.75) is 38.6 Å². The van der Waals surface area contributed by atoms with Crippen LogP contribution < -0.4 is 19.1 Å². The van der Waals surface area contributed by atoms with E-state index >= 15 is 0 Å². The summed E-state index contributed by atoms with van der Waals surface area (Å²) >= 11 is 1.52. The van der Waals surface area contributed by atoms with Gasteiger partial charge in [0.25, 0.3) is 0 Å². The zero-order chi connectivity index (χ0) is 24.2. The predicted molar refractivity (Wildman–Crippen MR) is 132 cm³/mol. The Balaban J connectivity index is 1.93. The van der Waals surface area contributed by atoms with Crippen molar-refractivity contribution in [3.05, 3.63) is 48.0 Å². The maximum absolute atomic E-state index is 13.3. The number of aromatic nitrogens is 3. The summed E-state index contributed by atoms with van der Waals surface area (Å²) in [5.74, 6) is 2.55. The molecule has 0 fully saturated rings. The Labute approximate surface area is 203 Å². The molecule has 178 valence electrons. The van der Waals surface area contributed by atoms with Crippen molar-refractivity contribution < 1.29 is 19.0 Å². The third-order valence-corrected chi connectivity index (χ3v) is 6.59. The van der Waals surface area contributed by atoms with E-state index < -0.39 is 6.23 Å². The van der Waals surface area contributed by atoms with Crippen molar-refractivity contribution in [2.75, 3.05) is 24.9 Å². The average molecular weight is 481 g/mol. The van der Waals surface area contributed by atoms with Gasteiger partial charge in [0, 0.05) is 17.7 Å². The van der Waals surface area contributed by atoms with Crippen LogP contribution in [0.4, 0.5) is 5.69 Å². The number of anilines is 1. The Morgan fingerprint density at radius 1 is 1.12 bits per heavy atom. The molecule has 0 N–H and O–H groups in total. The van der Waals surface area contributed by atoms with E-state index in [1.165, 1.54) is 11.8 Å². The minimum atomic E-state index is -0.848. The molecule has 8 nitrogen and oxygen atoms in total. The molecule has 4 rings (SSSR count). The Kier molecular flexibility index (Phi) is 7.21. The third kappa shape index (κ3) is 4.52. The lowest BCUT2D eigenvalue weighted by molar-refractivity contribution is -0.120. The predicted octanol–water partition coefficient (Wildman–Crippen LogP) is 5.14. The number of methoxy groups -OCH3 is 2. The molecule has 1 amide bonds. The number of carbonyl (C=O) groups is 1. The highest BCUT2D eigenvalue weighted by atomic mass is 32.2. The van der Waals surface area contributed by atoms with Crippen molar-refractivity contribution in [3.8, 4) is 28.6 Å². The van der Waals surface area contributed by atoms with Crippen molar-refractivity contribution in [3.63, 3.8) is 0 Å². The van der Waals surface area contributed by atoms with E-state index in [9.17, 15) is 4.79 Å². The third-order valence-electron chi connectivity index (χ3n) is 5.33. The zero-order valence-electron chi connectivity index (χ0n) is 19.9. The topological polar surface area (TPSA) is 86.7 Å². The van der Waals surface area contributed by atoms with E-state index in [0.717, 1.165) is 11.3 Å². The minimum absolute atomic E-state index is 0.113. The van der Waals surface area contributed by atoms with E-state index in [4.69, 9.17) is 19.2 Å². The van der Waals surface area contributed by atoms with Crippen LogP contribution in [0.5, 0.6) is 17.4 Å². The molecule has 9 heteroatoms. The van der Waals surface area contributed by atoms with Crippen LogP contribution in [0.15, 0.2) is 47.6 Å². The number of hydrogen-bond acceptors (Lipinski definition) is 8. The normalized spacial score (nSPS) is 14.6. The molecule has 1 aliphatic heterocycles. The molecule has 0 saturated heterocycles. The van der Waals surface area contributed by atoms with Crippen LogP contribution in [0.2, 0.25) is 0 Å². The first-order valence-corrected chi connectivity index (χ1v) is 12.1. The van der Waals surface area contributed by atoms with Crippen LogP contribution in [-0.4, -0.2) is 41.1 Å². The number of nitrogens with zero attached hydrogens (tertiary/aromatic N) is 4. The van der Waals surface area contributed by atoms with Gasteiger partial charge in [-0.2, -0.15) is 4.98 Å². The molecule has 0 bridgehead atoms. The number of fused-ring (bicyclic) bond motifs is 3. The van der Waals surface area contributed by atoms with E-state index in [2.05, 4.69) is 24.0 Å². The molecule has 0 aliphatic carbocycles. The van der Waals surface area contributed by atoms with E-state index in [1.54, 1.807) is 25.2 Å². The summed E-state index contributed by atoms with van der Waals surface area (Å²) in [7, 11) is 3.14. The zero-order valence-corrected chi connectivity index (χ0v) is 20.8. The van der Waals surface area contributed by atoms with Gasteiger partial charge < -0.3 is 14.2 Å². The van der Waals surface area contributed by atoms with Crippen molar-refractivity contribution >= 4 is 23.4 Å². The Morgan fingerprint density at radius 2 is 1.91 bits per heavy atom. The number of ether oxygens (including phenoxy) is 3. The van der Waals surface area contributed by atoms with Crippen molar-refractivity contribution in [1.82, 2.24) is 15.2 Å². The minimum Gasteiger partial charge on any atom is -0.493 e. The largest absolute Gasteiger partial charge is 0.493 e. The molecule has 3 aromatic rings. The van der Waals surface area contributed by atoms with Gasteiger partial charge >= 0.3 is 0 Å². The van der Waals surface area contributed by atoms with E-state index in [-0.39, 0.29) is 12.3 Å². The highest BCUT2D eigenvalue weighted by Crippen LogP contribution is 2.46. The van der Waals surface area contributed by atoms with Crippen LogP contribution >= 0.6 is 11.8 Å². The smallest absolute Gasteiger partial charge is 0.247 e. The second-order valence-electron chi connectivity index (χ2n) is 8.14. The molecular formula is C25H28N4O4S.